The fraction of sp³-hybridized carbons (Fsp3) is 0.292. The molecule has 0 radical (unpaired) electrons. The molecule has 1 aromatic carbocycles. The zero-order valence-corrected chi connectivity index (χ0v) is 17.8. The van der Waals surface area contributed by atoms with Gasteiger partial charge in [0.25, 0.3) is 11.7 Å². The standard InChI is InChI=1S/C24H25N3O4/c1-15-5-6-16(2)18(13-15)22(28)20-21(19-8-7-17(3)31-19)27(24(30)23(20)29)11-4-10-26-12-9-25-14-26/h5-9,12-14,21,28H,4,10-11H2,1-3H3/b22-20+. The third kappa shape index (κ3) is 3.91. The Labute approximate surface area is 180 Å². The molecule has 0 aliphatic carbocycles. The van der Waals surface area contributed by atoms with Crippen LogP contribution in [0.5, 0.6) is 0 Å². The maximum absolute atomic E-state index is 13.0. The number of ketones is 1. The number of imidazole rings is 1. The molecule has 0 bridgehead atoms. The summed E-state index contributed by atoms with van der Waals surface area (Å²) in [6, 6.07) is 8.42. The van der Waals surface area contributed by atoms with Gasteiger partial charge in [-0.15, -0.1) is 0 Å². The van der Waals surface area contributed by atoms with Gasteiger partial charge in [0.15, 0.2) is 0 Å². The number of furan rings is 1. The molecule has 3 aromatic rings. The molecule has 0 spiro atoms. The zero-order chi connectivity index (χ0) is 22.1. The van der Waals surface area contributed by atoms with E-state index < -0.39 is 17.7 Å². The van der Waals surface area contributed by atoms with Crippen molar-refractivity contribution >= 4 is 17.4 Å². The molecule has 3 heterocycles. The minimum Gasteiger partial charge on any atom is -0.507 e. The summed E-state index contributed by atoms with van der Waals surface area (Å²) in [5.74, 6) is -0.357. The maximum atomic E-state index is 13.0. The first-order valence-corrected chi connectivity index (χ1v) is 10.2. The minimum atomic E-state index is -0.767. The fourth-order valence-corrected chi connectivity index (χ4v) is 3.99. The predicted octanol–water partition coefficient (Wildman–Crippen LogP) is 3.91. The molecule has 7 nitrogen and oxygen atoms in total. The van der Waals surface area contributed by atoms with Gasteiger partial charge in [-0.05, 0) is 51.0 Å². The highest BCUT2D eigenvalue weighted by atomic mass is 16.3. The monoisotopic (exact) mass is 419 g/mol. The number of amides is 1. The van der Waals surface area contributed by atoms with Crippen LogP contribution in [-0.4, -0.2) is 37.8 Å². The molecule has 31 heavy (non-hydrogen) atoms. The van der Waals surface area contributed by atoms with Crippen molar-refractivity contribution in [1.29, 1.82) is 0 Å². The van der Waals surface area contributed by atoms with Crippen LogP contribution >= 0.6 is 0 Å². The molecule has 1 aliphatic rings. The second-order valence-electron chi connectivity index (χ2n) is 7.91. The Morgan fingerprint density at radius 1 is 1.13 bits per heavy atom. The average molecular weight is 419 g/mol. The fourth-order valence-electron chi connectivity index (χ4n) is 3.99. The maximum Gasteiger partial charge on any atom is 0.295 e. The third-order valence-electron chi connectivity index (χ3n) is 5.59. The van der Waals surface area contributed by atoms with E-state index in [1.54, 1.807) is 31.6 Å². The molecule has 4 rings (SSSR count). The van der Waals surface area contributed by atoms with Crippen molar-refractivity contribution in [3.63, 3.8) is 0 Å². The summed E-state index contributed by atoms with van der Waals surface area (Å²) in [5, 5.41) is 11.2. The highest BCUT2D eigenvalue weighted by Crippen LogP contribution is 2.40. The van der Waals surface area contributed by atoms with E-state index in [1.807, 2.05) is 42.8 Å². The van der Waals surface area contributed by atoms with Crippen LogP contribution in [0.25, 0.3) is 5.76 Å². The Morgan fingerprint density at radius 3 is 2.61 bits per heavy atom. The molecule has 1 N–H and O–H groups in total. The molecule has 1 unspecified atom stereocenters. The van der Waals surface area contributed by atoms with E-state index in [2.05, 4.69) is 4.98 Å². The number of aliphatic hydroxyl groups excluding tert-OH is 1. The highest BCUT2D eigenvalue weighted by molar-refractivity contribution is 6.46. The van der Waals surface area contributed by atoms with E-state index in [0.29, 0.717) is 36.6 Å². The molecule has 2 aromatic heterocycles. The van der Waals surface area contributed by atoms with Gasteiger partial charge in [-0.25, -0.2) is 4.98 Å². The minimum absolute atomic E-state index is 0.0654. The van der Waals surface area contributed by atoms with E-state index in [1.165, 1.54) is 4.90 Å². The van der Waals surface area contributed by atoms with Crippen LogP contribution in [-0.2, 0) is 16.1 Å². The summed E-state index contributed by atoms with van der Waals surface area (Å²) in [5.41, 5.74) is 2.39. The lowest BCUT2D eigenvalue weighted by Crippen LogP contribution is -2.31. The molecule has 1 atom stereocenters. The lowest BCUT2D eigenvalue weighted by atomic mass is 9.96. The number of carbonyl (C=O) groups is 2. The summed E-state index contributed by atoms with van der Waals surface area (Å²) in [7, 11) is 0. The number of nitrogens with zero attached hydrogens (tertiary/aromatic N) is 3. The van der Waals surface area contributed by atoms with Gasteiger partial charge in [0.1, 0.15) is 23.3 Å². The van der Waals surface area contributed by atoms with Gasteiger partial charge < -0.3 is 19.0 Å². The molecule has 0 saturated carbocycles. The lowest BCUT2D eigenvalue weighted by Gasteiger charge is -2.23. The molecule has 7 heteroatoms. The Kier molecular flexibility index (Phi) is 5.50. The number of likely N-dealkylation sites (tertiary alicyclic amines) is 1. The van der Waals surface area contributed by atoms with E-state index in [4.69, 9.17) is 4.42 Å². The number of carbonyl (C=O) groups excluding carboxylic acids is 2. The van der Waals surface area contributed by atoms with Crippen LogP contribution in [0, 0.1) is 20.8 Å². The first-order chi connectivity index (χ1) is 14.9. The number of Topliss-reactive ketones (excluding diaryl/α,β-unsaturated/α-hetero) is 1. The lowest BCUT2D eigenvalue weighted by molar-refractivity contribution is -0.140. The molecule has 1 amide bonds. The third-order valence-corrected chi connectivity index (χ3v) is 5.59. The van der Waals surface area contributed by atoms with Crippen LogP contribution in [0.3, 0.4) is 0 Å². The zero-order valence-electron chi connectivity index (χ0n) is 17.8. The number of rotatable bonds is 6. The SMILES string of the molecule is Cc1ccc(C)c(/C(O)=C2\C(=O)C(=O)N(CCCn3ccnc3)C2c2ccc(C)o2)c1. The number of hydrogen-bond acceptors (Lipinski definition) is 5. The number of benzene rings is 1. The Bertz CT molecular complexity index is 1160. The van der Waals surface area contributed by atoms with E-state index in [9.17, 15) is 14.7 Å². The van der Waals surface area contributed by atoms with Gasteiger partial charge in [-0.2, -0.15) is 0 Å². The normalized spacial score (nSPS) is 18.2. The molecule has 1 saturated heterocycles. The molecule has 1 aliphatic heterocycles. The first-order valence-electron chi connectivity index (χ1n) is 10.2. The summed E-state index contributed by atoms with van der Waals surface area (Å²) < 4.78 is 7.73. The number of aliphatic hydroxyl groups is 1. The van der Waals surface area contributed by atoms with Crippen molar-refractivity contribution in [2.45, 2.75) is 39.8 Å². The van der Waals surface area contributed by atoms with Crippen LogP contribution in [0.2, 0.25) is 0 Å². The summed E-state index contributed by atoms with van der Waals surface area (Å²) in [6.07, 6.45) is 5.88. The van der Waals surface area contributed by atoms with E-state index >= 15 is 0 Å². The largest absolute Gasteiger partial charge is 0.507 e. The topological polar surface area (TPSA) is 88.6 Å². The molecular weight excluding hydrogens is 394 g/mol. The van der Waals surface area contributed by atoms with Crippen LogP contribution in [0.15, 0.2) is 59.0 Å². The van der Waals surface area contributed by atoms with Crippen LogP contribution in [0.1, 0.15) is 40.7 Å². The molecule has 1 fully saturated rings. The van der Waals surface area contributed by atoms with Crippen LogP contribution < -0.4 is 0 Å². The average Bonchev–Trinajstić information content (AvgIpc) is 3.46. The van der Waals surface area contributed by atoms with Crippen LogP contribution in [0.4, 0.5) is 0 Å². The Morgan fingerprint density at radius 2 is 1.94 bits per heavy atom. The second-order valence-corrected chi connectivity index (χ2v) is 7.91. The van der Waals surface area contributed by atoms with Gasteiger partial charge in [-0.3, -0.25) is 9.59 Å². The van der Waals surface area contributed by atoms with Crippen molar-refractivity contribution in [3.8, 4) is 0 Å². The van der Waals surface area contributed by atoms with E-state index in [0.717, 1.165) is 11.1 Å². The Hall–Kier alpha value is -3.61. The van der Waals surface area contributed by atoms with Gasteiger partial charge in [0, 0.05) is 31.0 Å². The molecule has 160 valence electrons. The smallest absolute Gasteiger partial charge is 0.295 e. The van der Waals surface area contributed by atoms with Gasteiger partial charge in [0.2, 0.25) is 0 Å². The van der Waals surface area contributed by atoms with Crippen molar-refractivity contribution in [3.05, 3.63) is 82.8 Å². The Balaban J connectivity index is 1.75. The number of aromatic nitrogens is 2. The molecular formula is C24H25N3O4. The predicted molar refractivity (Wildman–Crippen MR) is 115 cm³/mol. The van der Waals surface area contributed by atoms with Gasteiger partial charge in [-0.1, -0.05) is 17.7 Å². The van der Waals surface area contributed by atoms with Gasteiger partial charge >= 0.3 is 0 Å². The van der Waals surface area contributed by atoms with Crippen molar-refractivity contribution in [2.24, 2.45) is 0 Å². The van der Waals surface area contributed by atoms with Crippen molar-refractivity contribution < 1.29 is 19.1 Å². The number of aryl methyl sites for hydroxylation is 4. The highest BCUT2D eigenvalue weighted by Gasteiger charge is 2.47. The number of hydrogen-bond donors (Lipinski definition) is 1. The van der Waals surface area contributed by atoms with Crippen molar-refractivity contribution in [1.82, 2.24) is 14.5 Å². The quantitative estimate of drug-likeness (QED) is 0.372. The van der Waals surface area contributed by atoms with E-state index in [-0.39, 0.29) is 11.3 Å². The summed E-state index contributed by atoms with van der Waals surface area (Å²) in [6.45, 7) is 6.58. The van der Waals surface area contributed by atoms with Crippen molar-refractivity contribution in [2.75, 3.05) is 6.54 Å². The van der Waals surface area contributed by atoms with Gasteiger partial charge in [0.05, 0.1) is 11.9 Å². The first kappa shape index (κ1) is 20.7. The summed E-state index contributed by atoms with van der Waals surface area (Å²) in [4.78, 5) is 31.5. The second kappa shape index (κ2) is 8.26. The summed E-state index contributed by atoms with van der Waals surface area (Å²) >= 11 is 0.